The van der Waals surface area contributed by atoms with Gasteiger partial charge in [0.15, 0.2) is 0 Å². The number of aromatic nitrogens is 2. The summed E-state index contributed by atoms with van der Waals surface area (Å²) in [6, 6.07) is 11.3. The summed E-state index contributed by atoms with van der Waals surface area (Å²) in [6.07, 6.45) is 1.60. The van der Waals surface area contributed by atoms with Crippen molar-refractivity contribution in [1.29, 1.82) is 0 Å². The van der Waals surface area contributed by atoms with Crippen LogP contribution in [0.2, 0.25) is 0 Å². The van der Waals surface area contributed by atoms with E-state index in [0.29, 0.717) is 5.69 Å². The topological polar surface area (TPSA) is 63.1 Å². The van der Waals surface area contributed by atoms with Crippen LogP contribution in [0.4, 0.5) is 0 Å². The molecule has 1 aromatic carbocycles. The summed E-state index contributed by atoms with van der Waals surface area (Å²) in [4.78, 5) is 11.0. The van der Waals surface area contributed by atoms with E-state index in [2.05, 4.69) is 10.2 Å². The van der Waals surface area contributed by atoms with Gasteiger partial charge in [0.2, 0.25) is 0 Å². The molecule has 0 spiro atoms. The lowest BCUT2D eigenvalue weighted by Gasteiger charge is -2.16. The first-order valence-electron chi connectivity index (χ1n) is 5.73. The van der Waals surface area contributed by atoms with Gasteiger partial charge in [0, 0.05) is 12.1 Å². The van der Waals surface area contributed by atoms with Crippen LogP contribution in [0.25, 0.3) is 0 Å². The van der Waals surface area contributed by atoms with E-state index in [1.807, 2.05) is 37.3 Å². The van der Waals surface area contributed by atoms with E-state index in [0.717, 1.165) is 11.1 Å². The molecule has 0 aliphatic carbocycles. The summed E-state index contributed by atoms with van der Waals surface area (Å²) in [5, 5.41) is 16.9. The van der Waals surface area contributed by atoms with Gasteiger partial charge in [-0.2, -0.15) is 10.2 Å². The van der Waals surface area contributed by atoms with E-state index >= 15 is 0 Å². The summed E-state index contributed by atoms with van der Waals surface area (Å²) in [7, 11) is 0. The Morgan fingerprint density at radius 2 is 2.06 bits per heavy atom. The largest absolute Gasteiger partial charge is 0.481 e. The van der Waals surface area contributed by atoms with Crippen molar-refractivity contribution in [1.82, 2.24) is 10.2 Å². The number of carboxylic acid groups (broad SMARTS) is 1. The Kier molecular flexibility index (Phi) is 3.67. The smallest absolute Gasteiger partial charge is 0.304 e. The first-order chi connectivity index (χ1) is 8.68. The van der Waals surface area contributed by atoms with Crippen LogP contribution in [0.3, 0.4) is 0 Å². The second kappa shape index (κ2) is 5.40. The van der Waals surface area contributed by atoms with Crippen molar-refractivity contribution in [2.75, 3.05) is 0 Å². The highest BCUT2D eigenvalue weighted by molar-refractivity contribution is 5.69. The molecule has 2 rings (SSSR count). The van der Waals surface area contributed by atoms with Gasteiger partial charge in [-0.05, 0) is 30.2 Å². The lowest BCUT2D eigenvalue weighted by atomic mass is 9.89. The molecule has 0 saturated heterocycles. The van der Waals surface area contributed by atoms with Gasteiger partial charge in [-0.15, -0.1) is 0 Å². The van der Waals surface area contributed by atoms with Crippen LogP contribution in [-0.4, -0.2) is 21.3 Å². The van der Waals surface area contributed by atoms with Gasteiger partial charge in [-0.1, -0.05) is 24.3 Å². The van der Waals surface area contributed by atoms with Crippen LogP contribution < -0.4 is 0 Å². The molecule has 0 aliphatic rings. The quantitative estimate of drug-likeness (QED) is 0.894. The minimum absolute atomic E-state index is 0.0174. The molecule has 1 atom stereocenters. The highest BCUT2D eigenvalue weighted by Gasteiger charge is 2.20. The van der Waals surface area contributed by atoms with Gasteiger partial charge in [0.25, 0.3) is 0 Å². The molecule has 4 nitrogen and oxygen atoms in total. The molecule has 2 aromatic rings. The zero-order valence-corrected chi connectivity index (χ0v) is 10.1. The molecule has 0 aliphatic heterocycles. The molecule has 0 amide bonds. The third-order valence-corrected chi connectivity index (χ3v) is 2.89. The fourth-order valence-corrected chi connectivity index (χ4v) is 2.03. The van der Waals surface area contributed by atoms with Gasteiger partial charge in [-0.3, -0.25) is 4.79 Å². The van der Waals surface area contributed by atoms with Crippen molar-refractivity contribution in [3.63, 3.8) is 0 Å². The molecule has 1 heterocycles. The number of hydrogen-bond acceptors (Lipinski definition) is 3. The summed E-state index contributed by atoms with van der Waals surface area (Å²) in [6.45, 7) is 1.97. The lowest BCUT2D eigenvalue weighted by Crippen LogP contribution is -2.11. The van der Waals surface area contributed by atoms with Gasteiger partial charge in [-0.25, -0.2) is 0 Å². The Bertz CT molecular complexity index is 541. The fourth-order valence-electron chi connectivity index (χ4n) is 2.03. The van der Waals surface area contributed by atoms with Crippen molar-refractivity contribution in [2.24, 2.45) is 0 Å². The highest BCUT2D eigenvalue weighted by atomic mass is 16.4. The number of hydrogen-bond donors (Lipinski definition) is 1. The Labute approximate surface area is 105 Å². The predicted octanol–water partition coefficient (Wildman–Crippen LogP) is 2.39. The van der Waals surface area contributed by atoms with Crippen molar-refractivity contribution >= 4 is 5.97 Å². The summed E-state index contributed by atoms with van der Waals surface area (Å²) >= 11 is 0. The number of benzene rings is 1. The first-order valence-corrected chi connectivity index (χ1v) is 5.73. The number of rotatable bonds is 4. The lowest BCUT2D eigenvalue weighted by molar-refractivity contribution is -0.137. The van der Waals surface area contributed by atoms with E-state index in [-0.39, 0.29) is 12.3 Å². The molecule has 4 heteroatoms. The number of aliphatic carboxylic acids is 1. The Morgan fingerprint density at radius 3 is 2.67 bits per heavy atom. The van der Waals surface area contributed by atoms with Crippen molar-refractivity contribution in [3.05, 3.63) is 59.4 Å². The highest BCUT2D eigenvalue weighted by Crippen LogP contribution is 2.28. The minimum atomic E-state index is -0.839. The van der Waals surface area contributed by atoms with Crippen LogP contribution in [-0.2, 0) is 4.79 Å². The molecule has 0 radical (unpaired) electrons. The van der Waals surface area contributed by atoms with Crippen LogP contribution in [0.1, 0.15) is 29.2 Å². The van der Waals surface area contributed by atoms with E-state index in [4.69, 9.17) is 5.11 Å². The van der Waals surface area contributed by atoms with E-state index in [1.54, 1.807) is 12.3 Å². The van der Waals surface area contributed by atoms with Gasteiger partial charge < -0.3 is 5.11 Å². The maximum atomic E-state index is 11.0. The number of nitrogens with zero attached hydrogens (tertiary/aromatic N) is 2. The molecule has 92 valence electrons. The van der Waals surface area contributed by atoms with Crippen molar-refractivity contribution in [2.45, 2.75) is 19.3 Å². The van der Waals surface area contributed by atoms with Crippen LogP contribution >= 0.6 is 0 Å². The molecule has 1 N–H and O–H groups in total. The standard InChI is InChI=1S/C14H14N2O2/c1-10-5-2-3-6-11(10)12(9-14(17)18)13-7-4-8-15-16-13/h2-8,12H,9H2,1H3,(H,17,18). The van der Waals surface area contributed by atoms with Gasteiger partial charge >= 0.3 is 5.97 Å². The molecule has 0 fully saturated rings. The van der Waals surface area contributed by atoms with Gasteiger partial charge in [0.05, 0.1) is 12.1 Å². The van der Waals surface area contributed by atoms with Crippen LogP contribution in [0.5, 0.6) is 0 Å². The first kappa shape index (κ1) is 12.2. The third kappa shape index (κ3) is 2.71. The maximum absolute atomic E-state index is 11.0. The molecule has 0 bridgehead atoms. The summed E-state index contributed by atoms with van der Waals surface area (Å²) < 4.78 is 0. The van der Waals surface area contributed by atoms with Crippen LogP contribution in [0.15, 0.2) is 42.6 Å². The fraction of sp³-hybridized carbons (Fsp3) is 0.214. The zero-order chi connectivity index (χ0) is 13.0. The third-order valence-electron chi connectivity index (χ3n) is 2.89. The SMILES string of the molecule is Cc1ccccc1C(CC(=O)O)c1cccnn1. The molecule has 18 heavy (non-hydrogen) atoms. The normalized spacial score (nSPS) is 12.1. The Hall–Kier alpha value is -2.23. The number of carboxylic acids is 1. The Morgan fingerprint density at radius 1 is 1.28 bits per heavy atom. The number of aryl methyl sites for hydroxylation is 1. The predicted molar refractivity (Wildman–Crippen MR) is 67.3 cm³/mol. The molecular formula is C14H14N2O2. The molecular weight excluding hydrogens is 228 g/mol. The monoisotopic (exact) mass is 242 g/mol. The molecule has 1 unspecified atom stereocenters. The number of carbonyl (C=O) groups is 1. The van der Waals surface area contributed by atoms with E-state index < -0.39 is 5.97 Å². The van der Waals surface area contributed by atoms with Crippen LogP contribution in [0, 0.1) is 6.92 Å². The summed E-state index contributed by atoms with van der Waals surface area (Å²) in [5.74, 6) is -1.09. The van der Waals surface area contributed by atoms with E-state index in [1.165, 1.54) is 0 Å². The Balaban J connectivity index is 2.44. The van der Waals surface area contributed by atoms with Crippen molar-refractivity contribution < 1.29 is 9.90 Å². The molecule has 1 aromatic heterocycles. The van der Waals surface area contributed by atoms with Gasteiger partial charge in [0.1, 0.15) is 0 Å². The second-order valence-electron chi connectivity index (χ2n) is 4.16. The second-order valence-corrected chi connectivity index (χ2v) is 4.16. The van der Waals surface area contributed by atoms with Crippen molar-refractivity contribution in [3.8, 4) is 0 Å². The average molecular weight is 242 g/mol. The van der Waals surface area contributed by atoms with E-state index in [9.17, 15) is 4.79 Å². The maximum Gasteiger partial charge on any atom is 0.304 e. The zero-order valence-electron chi connectivity index (χ0n) is 10.1. The molecule has 0 saturated carbocycles. The average Bonchev–Trinajstić information content (AvgIpc) is 2.38. The minimum Gasteiger partial charge on any atom is -0.481 e. The summed E-state index contributed by atoms with van der Waals surface area (Å²) in [5.41, 5.74) is 2.74.